The Morgan fingerprint density at radius 2 is 1.24 bits per heavy atom. The van der Waals surface area contributed by atoms with Crippen LogP contribution in [-0.4, -0.2) is 17.9 Å². The third-order valence-electron chi connectivity index (χ3n) is 10.0. The summed E-state index contributed by atoms with van der Waals surface area (Å²) in [6, 6.07) is 60.5. The van der Waals surface area contributed by atoms with Crippen LogP contribution in [0.3, 0.4) is 0 Å². The summed E-state index contributed by atoms with van der Waals surface area (Å²) in [4.78, 5) is 9.83. The fraction of sp³-hybridized carbons (Fsp3) is 0. The number of nitrogens with zero attached hydrogens (tertiary/aromatic N) is 2. The van der Waals surface area contributed by atoms with Crippen LogP contribution >= 0.6 is 11.3 Å². The normalized spacial score (nSPS) is 12.2. The van der Waals surface area contributed by atoms with Crippen LogP contribution in [0.25, 0.3) is 75.1 Å². The number of fused-ring (bicyclic) bond motifs is 7. The molecule has 0 fully saturated rings. The fourth-order valence-electron chi connectivity index (χ4n) is 7.30. The van der Waals surface area contributed by atoms with E-state index in [1.807, 2.05) is 72.1 Å². The van der Waals surface area contributed by atoms with Gasteiger partial charge < -0.3 is 4.42 Å². The Hall–Kier alpha value is -6.95. The molecule has 0 saturated heterocycles. The highest BCUT2D eigenvalue weighted by atomic mass is 32.1. The lowest BCUT2D eigenvalue weighted by Crippen LogP contribution is -2.05. The first-order chi connectivity index (χ1) is 26.6. The number of hydrogen-bond donors (Lipinski definition) is 1. The Bertz CT molecular complexity index is 3110. The van der Waals surface area contributed by atoms with E-state index < -0.39 is 0 Å². The van der Waals surface area contributed by atoms with E-state index in [2.05, 4.69) is 121 Å². The zero-order chi connectivity index (χ0) is 36.0. The van der Waals surface area contributed by atoms with E-state index in [-0.39, 0.29) is 5.84 Å². The molecule has 0 saturated carbocycles. The molecule has 2 heterocycles. The van der Waals surface area contributed by atoms with Crippen LogP contribution in [0.1, 0.15) is 16.7 Å². The number of nitrogens with one attached hydrogen (secondary N) is 1. The molecule has 0 bridgehead atoms. The van der Waals surface area contributed by atoms with Crippen molar-refractivity contribution in [2.24, 2.45) is 9.98 Å². The van der Waals surface area contributed by atoms with Crippen LogP contribution < -0.4 is 0 Å². The number of hydrogen-bond acceptors (Lipinski definition) is 3. The van der Waals surface area contributed by atoms with E-state index in [0.29, 0.717) is 17.0 Å². The highest BCUT2D eigenvalue weighted by Crippen LogP contribution is 2.38. The number of thiophene rings is 1. The molecule has 254 valence electrons. The molecule has 0 unspecified atom stereocenters. The SMILES string of the molecule is N=C(N=C(N=Cc1ccc(-c2ccccc2)cc1)c1ccc2ccccc2c1)c1cccc2oc3cc(-c4ccc5sc6ccccc6c5c4)ccc3c12. The Morgan fingerprint density at radius 1 is 0.519 bits per heavy atom. The average Bonchev–Trinajstić information content (AvgIpc) is 3.80. The van der Waals surface area contributed by atoms with Crippen LogP contribution in [0.15, 0.2) is 190 Å². The second-order valence-electron chi connectivity index (χ2n) is 13.4. The minimum Gasteiger partial charge on any atom is -0.456 e. The molecule has 0 radical (unpaired) electrons. The molecule has 0 atom stereocenters. The fourth-order valence-corrected chi connectivity index (χ4v) is 8.39. The first-order valence-corrected chi connectivity index (χ1v) is 18.7. The molecule has 8 aromatic carbocycles. The van der Waals surface area contributed by atoms with Crippen molar-refractivity contribution < 1.29 is 4.42 Å². The first-order valence-electron chi connectivity index (χ1n) is 17.9. The van der Waals surface area contributed by atoms with Gasteiger partial charge >= 0.3 is 0 Å². The van der Waals surface area contributed by atoms with Gasteiger partial charge in [0.15, 0.2) is 11.7 Å². The van der Waals surface area contributed by atoms with Gasteiger partial charge in [0.2, 0.25) is 0 Å². The van der Waals surface area contributed by atoms with Gasteiger partial charge in [0.05, 0.1) is 0 Å². The van der Waals surface area contributed by atoms with Crippen molar-refractivity contribution in [1.82, 2.24) is 0 Å². The van der Waals surface area contributed by atoms with Crippen molar-refractivity contribution in [3.05, 3.63) is 193 Å². The number of amidine groups is 2. The molecule has 5 heteroatoms. The summed E-state index contributed by atoms with van der Waals surface area (Å²) in [5.74, 6) is 0.572. The molecule has 0 aliphatic carbocycles. The van der Waals surface area contributed by atoms with E-state index >= 15 is 0 Å². The predicted octanol–water partition coefficient (Wildman–Crippen LogP) is 13.3. The highest BCUT2D eigenvalue weighted by Gasteiger charge is 2.16. The van der Waals surface area contributed by atoms with Gasteiger partial charge in [-0.15, -0.1) is 11.3 Å². The maximum absolute atomic E-state index is 9.38. The molecule has 1 N–H and O–H groups in total. The van der Waals surface area contributed by atoms with Gasteiger partial charge in [0, 0.05) is 48.3 Å². The molecule has 10 rings (SSSR count). The number of rotatable bonds is 5. The summed E-state index contributed by atoms with van der Waals surface area (Å²) in [7, 11) is 0. The van der Waals surface area contributed by atoms with E-state index in [4.69, 9.17) is 14.4 Å². The van der Waals surface area contributed by atoms with Crippen LogP contribution in [0, 0.1) is 5.41 Å². The average molecular weight is 710 g/mol. The molecule has 10 aromatic rings. The second kappa shape index (κ2) is 13.2. The van der Waals surface area contributed by atoms with Crippen molar-refractivity contribution in [1.29, 1.82) is 5.41 Å². The molecule has 0 spiro atoms. The zero-order valence-electron chi connectivity index (χ0n) is 29.0. The van der Waals surface area contributed by atoms with Gasteiger partial charge in [-0.3, -0.25) is 5.41 Å². The van der Waals surface area contributed by atoms with Gasteiger partial charge in [0.1, 0.15) is 11.2 Å². The van der Waals surface area contributed by atoms with E-state index in [1.165, 1.54) is 25.7 Å². The molecular weight excluding hydrogens is 679 g/mol. The standard InChI is InChI=1S/C49H31N3OS/c50-48(52-49(38-22-21-33-11-4-5-12-35(33)27-38)51-30-31-17-19-34(20-18-31)32-9-2-1-3-10-32)41-14-8-15-43-47(41)40-25-23-37(29-44(40)53-43)36-24-26-46-42(28-36)39-13-6-7-16-45(39)54-46/h1-30,50H. The number of furan rings is 1. The minimum absolute atomic E-state index is 0.113. The van der Waals surface area contributed by atoms with Crippen molar-refractivity contribution in [3.8, 4) is 22.3 Å². The molecule has 4 nitrogen and oxygen atoms in total. The number of aliphatic imine (C=N–C) groups is 2. The monoisotopic (exact) mass is 709 g/mol. The summed E-state index contributed by atoms with van der Waals surface area (Å²) in [5, 5.41) is 15.9. The van der Waals surface area contributed by atoms with Crippen LogP contribution in [-0.2, 0) is 0 Å². The smallest absolute Gasteiger partial charge is 0.161 e. The summed E-state index contributed by atoms with van der Waals surface area (Å²) in [5.41, 5.74) is 8.48. The van der Waals surface area contributed by atoms with E-state index in [9.17, 15) is 5.41 Å². The highest BCUT2D eigenvalue weighted by molar-refractivity contribution is 7.25. The maximum atomic E-state index is 9.38. The lowest BCUT2D eigenvalue weighted by atomic mass is 10.00. The molecular formula is C49H31N3OS. The topological polar surface area (TPSA) is 61.7 Å². The number of benzene rings is 8. The third-order valence-corrected chi connectivity index (χ3v) is 11.2. The van der Waals surface area contributed by atoms with Gasteiger partial charge in [-0.2, -0.15) is 0 Å². The molecule has 2 aromatic heterocycles. The van der Waals surface area contributed by atoms with Crippen LogP contribution in [0.4, 0.5) is 0 Å². The third kappa shape index (κ3) is 5.77. The van der Waals surface area contributed by atoms with Gasteiger partial charge in [-0.25, -0.2) is 9.98 Å². The Labute approximate surface area is 315 Å². The van der Waals surface area contributed by atoms with Crippen molar-refractivity contribution in [2.75, 3.05) is 0 Å². The Kier molecular flexibility index (Phi) is 7.78. The summed E-state index contributed by atoms with van der Waals surface area (Å²) < 4.78 is 9.03. The van der Waals surface area contributed by atoms with Gasteiger partial charge in [-0.1, -0.05) is 133 Å². The van der Waals surface area contributed by atoms with Crippen molar-refractivity contribution in [2.45, 2.75) is 0 Å². The second-order valence-corrected chi connectivity index (χ2v) is 14.5. The maximum Gasteiger partial charge on any atom is 0.161 e. The first kappa shape index (κ1) is 31.8. The Balaban J connectivity index is 1.03. The van der Waals surface area contributed by atoms with Gasteiger partial charge in [0.25, 0.3) is 0 Å². The molecule has 0 amide bonds. The summed E-state index contributed by atoms with van der Waals surface area (Å²) >= 11 is 1.82. The van der Waals surface area contributed by atoms with Crippen LogP contribution in [0.2, 0.25) is 0 Å². The molecule has 0 aliphatic heterocycles. The molecule has 0 aliphatic rings. The Morgan fingerprint density at radius 3 is 2.13 bits per heavy atom. The van der Waals surface area contributed by atoms with Crippen LogP contribution in [0.5, 0.6) is 0 Å². The summed E-state index contributed by atoms with van der Waals surface area (Å²) in [6.45, 7) is 0. The van der Waals surface area contributed by atoms with Crippen molar-refractivity contribution in [3.63, 3.8) is 0 Å². The predicted molar refractivity (Wildman–Crippen MR) is 229 cm³/mol. The van der Waals surface area contributed by atoms with Crippen molar-refractivity contribution >= 4 is 82.1 Å². The zero-order valence-corrected chi connectivity index (χ0v) is 29.8. The molecule has 54 heavy (non-hydrogen) atoms. The quantitative estimate of drug-likeness (QED) is 0.140. The summed E-state index contributed by atoms with van der Waals surface area (Å²) in [6.07, 6.45) is 1.82. The minimum atomic E-state index is 0.113. The van der Waals surface area contributed by atoms with E-state index in [0.717, 1.165) is 54.9 Å². The van der Waals surface area contributed by atoms with E-state index in [1.54, 1.807) is 0 Å². The lowest BCUT2D eigenvalue weighted by Gasteiger charge is -2.07. The largest absolute Gasteiger partial charge is 0.456 e. The van der Waals surface area contributed by atoms with Gasteiger partial charge in [-0.05, 0) is 81.1 Å². The lowest BCUT2D eigenvalue weighted by molar-refractivity contribution is 0.669.